The van der Waals surface area contributed by atoms with Crippen molar-refractivity contribution < 1.29 is 4.39 Å². The number of halogens is 1. The fourth-order valence-corrected chi connectivity index (χ4v) is 1.18. The standard InChI is InChI=1S/C9H7FN2/c10-8-3-1-2-6-7(8)4-12-5-9(6)11/h1-5H,11H2. The number of hydrogen-bond donors (Lipinski definition) is 1. The Morgan fingerprint density at radius 1 is 1.17 bits per heavy atom. The molecule has 0 atom stereocenters. The highest BCUT2D eigenvalue weighted by Gasteiger charge is 2.01. The van der Waals surface area contributed by atoms with Crippen molar-refractivity contribution >= 4 is 16.5 Å². The van der Waals surface area contributed by atoms with E-state index in [-0.39, 0.29) is 5.82 Å². The SMILES string of the molecule is Nc1cncc2c(F)cccc12. The lowest BCUT2D eigenvalue weighted by atomic mass is 10.1. The molecular formula is C9H7FN2. The maximum Gasteiger partial charge on any atom is 0.132 e. The first kappa shape index (κ1) is 7.03. The Balaban J connectivity index is 2.94. The van der Waals surface area contributed by atoms with Gasteiger partial charge in [-0.15, -0.1) is 0 Å². The molecule has 2 nitrogen and oxygen atoms in total. The number of hydrogen-bond acceptors (Lipinski definition) is 2. The van der Waals surface area contributed by atoms with Crippen molar-refractivity contribution in [3.05, 3.63) is 36.4 Å². The first-order valence-corrected chi connectivity index (χ1v) is 3.57. The Morgan fingerprint density at radius 3 is 2.75 bits per heavy atom. The molecule has 0 saturated carbocycles. The van der Waals surface area contributed by atoms with Crippen LogP contribution >= 0.6 is 0 Å². The number of nitrogens with two attached hydrogens (primary N) is 1. The van der Waals surface area contributed by atoms with Crippen molar-refractivity contribution in [3.63, 3.8) is 0 Å². The normalized spacial score (nSPS) is 10.4. The number of pyridine rings is 1. The van der Waals surface area contributed by atoms with Crippen molar-refractivity contribution in [1.29, 1.82) is 0 Å². The second kappa shape index (κ2) is 2.44. The van der Waals surface area contributed by atoms with E-state index in [2.05, 4.69) is 4.98 Å². The molecule has 0 amide bonds. The molecule has 0 aliphatic heterocycles. The lowest BCUT2D eigenvalue weighted by Crippen LogP contribution is -1.89. The third kappa shape index (κ3) is 0.906. The topological polar surface area (TPSA) is 38.9 Å². The first-order valence-electron chi connectivity index (χ1n) is 3.57. The summed E-state index contributed by atoms with van der Waals surface area (Å²) in [5.41, 5.74) is 6.10. The quantitative estimate of drug-likeness (QED) is 0.643. The molecule has 0 aliphatic rings. The third-order valence-electron chi connectivity index (χ3n) is 1.78. The van der Waals surface area contributed by atoms with Crippen LogP contribution in [0.4, 0.5) is 10.1 Å². The Kier molecular flexibility index (Phi) is 1.43. The van der Waals surface area contributed by atoms with Gasteiger partial charge in [0.25, 0.3) is 0 Å². The zero-order valence-corrected chi connectivity index (χ0v) is 6.29. The average molecular weight is 162 g/mol. The minimum atomic E-state index is -0.285. The van der Waals surface area contributed by atoms with Crippen LogP contribution in [0.15, 0.2) is 30.6 Å². The Bertz CT molecular complexity index is 385. The molecule has 60 valence electrons. The van der Waals surface area contributed by atoms with E-state index >= 15 is 0 Å². The highest BCUT2D eigenvalue weighted by molar-refractivity contribution is 5.91. The van der Waals surface area contributed by atoms with Gasteiger partial charge in [-0.05, 0) is 6.07 Å². The number of nitrogens with zero attached hydrogens (tertiary/aromatic N) is 1. The number of benzene rings is 1. The third-order valence-corrected chi connectivity index (χ3v) is 1.78. The van der Waals surface area contributed by atoms with Crippen molar-refractivity contribution in [2.24, 2.45) is 0 Å². The minimum Gasteiger partial charge on any atom is -0.397 e. The number of rotatable bonds is 0. The molecule has 0 bridgehead atoms. The fraction of sp³-hybridized carbons (Fsp3) is 0. The molecule has 0 fully saturated rings. The largest absolute Gasteiger partial charge is 0.397 e. The van der Waals surface area contributed by atoms with Gasteiger partial charge in [-0.25, -0.2) is 4.39 Å². The van der Waals surface area contributed by atoms with Gasteiger partial charge in [-0.3, -0.25) is 4.98 Å². The Morgan fingerprint density at radius 2 is 2.00 bits per heavy atom. The zero-order valence-electron chi connectivity index (χ0n) is 6.29. The average Bonchev–Trinajstić information content (AvgIpc) is 2.07. The lowest BCUT2D eigenvalue weighted by Gasteiger charge is -2.00. The molecule has 2 N–H and O–H groups in total. The van der Waals surface area contributed by atoms with Crippen LogP contribution < -0.4 is 5.73 Å². The summed E-state index contributed by atoms with van der Waals surface area (Å²) in [6.07, 6.45) is 2.99. The van der Waals surface area contributed by atoms with E-state index < -0.39 is 0 Å². The van der Waals surface area contributed by atoms with Crippen LogP contribution in [0.2, 0.25) is 0 Å². The van der Waals surface area contributed by atoms with E-state index in [0.29, 0.717) is 16.5 Å². The first-order chi connectivity index (χ1) is 5.79. The summed E-state index contributed by atoms with van der Waals surface area (Å²) >= 11 is 0. The Hall–Kier alpha value is -1.64. The van der Waals surface area contributed by atoms with E-state index in [0.717, 1.165) is 0 Å². The van der Waals surface area contributed by atoms with E-state index in [4.69, 9.17) is 5.73 Å². The van der Waals surface area contributed by atoms with Gasteiger partial charge >= 0.3 is 0 Å². The van der Waals surface area contributed by atoms with Crippen molar-refractivity contribution in [1.82, 2.24) is 4.98 Å². The molecular weight excluding hydrogens is 155 g/mol. The summed E-state index contributed by atoms with van der Waals surface area (Å²) in [5, 5.41) is 1.18. The number of aromatic nitrogens is 1. The van der Waals surface area contributed by atoms with Crippen LogP contribution in [0.25, 0.3) is 10.8 Å². The fourth-order valence-electron chi connectivity index (χ4n) is 1.18. The van der Waals surface area contributed by atoms with Crippen molar-refractivity contribution in [2.75, 3.05) is 5.73 Å². The van der Waals surface area contributed by atoms with Crippen LogP contribution in [-0.4, -0.2) is 4.98 Å². The predicted molar refractivity (Wildman–Crippen MR) is 46.1 cm³/mol. The van der Waals surface area contributed by atoms with Crippen LogP contribution in [-0.2, 0) is 0 Å². The summed E-state index contributed by atoms with van der Waals surface area (Å²) in [6.45, 7) is 0. The molecule has 1 heterocycles. The summed E-state index contributed by atoms with van der Waals surface area (Å²) in [5.74, 6) is -0.285. The van der Waals surface area contributed by atoms with Crippen LogP contribution in [0, 0.1) is 5.82 Å². The Labute approximate surface area is 68.8 Å². The lowest BCUT2D eigenvalue weighted by molar-refractivity contribution is 0.639. The molecule has 0 unspecified atom stereocenters. The molecule has 12 heavy (non-hydrogen) atoms. The maximum atomic E-state index is 13.1. The molecule has 0 aliphatic carbocycles. The van der Waals surface area contributed by atoms with E-state index in [1.54, 1.807) is 12.1 Å². The number of anilines is 1. The van der Waals surface area contributed by atoms with Crippen LogP contribution in [0.3, 0.4) is 0 Å². The molecule has 2 aromatic rings. The molecule has 3 heteroatoms. The molecule has 1 aromatic carbocycles. The van der Waals surface area contributed by atoms with Crippen molar-refractivity contribution in [2.45, 2.75) is 0 Å². The van der Waals surface area contributed by atoms with Gasteiger partial charge in [-0.1, -0.05) is 12.1 Å². The van der Waals surface area contributed by atoms with Gasteiger partial charge < -0.3 is 5.73 Å². The monoisotopic (exact) mass is 162 g/mol. The summed E-state index contributed by atoms with van der Waals surface area (Å²) < 4.78 is 13.1. The number of fused-ring (bicyclic) bond motifs is 1. The van der Waals surface area contributed by atoms with Gasteiger partial charge in [0.2, 0.25) is 0 Å². The van der Waals surface area contributed by atoms with Gasteiger partial charge in [-0.2, -0.15) is 0 Å². The molecule has 0 radical (unpaired) electrons. The minimum absolute atomic E-state index is 0.285. The highest BCUT2D eigenvalue weighted by atomic mass is 19.1. The molecule has 0 saturated heterocycles. The zero-order chi connectivity index (χ0) is 8.55. The molecule has 1 aromatic heterocycles. The second-order valence-electron chi connectivity index (χ2n) is 2.56. The van der Waals surface area contributed by atoms with Gasteiger partial charge in [0.1, 0.15) is 5.82 Å². The van der Waals surface area contributed by atoms with E-state index in [1.807, 2.05) is 0 Å². The van der Waals surface area contributed by atoms with Gasteiger partial charge in [0.05, 0.1) is 11.9 Å². The van der Waals surface area contributed by atoms with E-state index in [9.17, 15) is 4.39 Å². The van der Waals surface area contributed by atoms with Gasteiger partial charge in [0, 0.05) is 17.0 Å². The number of nitrogen functional groups attached to an aromatic ring is 1. The van der Waals surface area contributed by atoms with E-state index in [1.165, 1.54) is 18.5 Å². The summed E-state index contributed by atoms with van der Waals surface area (Å²) in [6, 6.07) is 4.80. The molecule has 0 spiro atoms. The molecule has 2 rings (SSSR count). The van der Waals surface area contributed by atoms with Crippen LogP contribution in [0.1, 0.15) is 0 Å². The second-order valence-corrected chi connectivity index (χ2v) is 2.56. The predicted octanol–water partition coefficient (Wildman–Crippen LogP) is 1.96. The van der Waals surface area contributed by atoms with Crippen LogP contribution in [0.5, 0.6) is 0 Å². The van der Waals surface area contributed by atoms with Crippen molar-refractivity contribution in [3.8, 4) is 0 Å². The maximum absolute atomic E-state index is 13.1. The van der Waals surface area contributed by atoms with Gasteiger partial charge in [0.15, 0.2) is 0 Å². The smallest absolute Gasteiger partial charge is 0.132 e. The highest BCUT2D eigenvalue weighted by Crippen LogP contribution is 2.20. The summed E-state index contributed by atoms with van der Waals surface area (Å²) in [4.78, 5) is 3.81. The summed E-state index contributed by atoms with van der Waals surface area (Å²) in [7, 11) is 0.